The average molecular weight is 399 g/mol. The Morgan fingerprint density at radius 2 is 2.00 bits per heavy atom. The van der Waals surface area contributed by atoms with Crippen LogP contribution in [-0.2, 0) is 16.6 Å². The number of fused-ring (bicyclic) bond motifs is 1. The van der Waals surface area contributed by atoms with Gasteiger partial charge in [-0.1, -0.05) is 18.9 Å². The Labute approximate surface area is 171 Å². The van der Waals surface area contributed by atoms with Crippen molar-refractivity contribution in [2.45, 2.75) is 74.8 Å². The smallest absolute Gasteiger partial charge is 0.252 e. The SMILES string of the molecule is NC(=O)c1ccc2c(c1O)[C@]13CCN(CC4CCCC4)[C@H](C2)[C@]1(O)CCC(=O)C3. The van der Waals surface area contributed by atoms with Gasteiger partial charge in [-0.15, -0.1) is 0 Å². The Balaban J connectivity index is 1.63. The van der Waals surface area contributed by atoms with Gasteiger partial charge >= 0.3 is 0 Å². The highest BCUT2D eigenvalue weighted by atomic mass is 16.3. The lowest BCUT2D eigenvalue weighted by atomic mass is 9.49. The molecule has 0 radical (unpaired) electrons. The van der Waals surface area contributed by atoms with Crippen molar-refractivity contribution in [2.24, 2.45) is 11.7 Å². The third-order valence-electron chi connectivity index (χ3n) is 8.32. The van der Waals surface area contributed by atoms with Gasteiger partial charge in [-0.05, 0) is 56.2 Å². The molecule has 0 spiro atoms. The van der Waals surface area contributed by atoms with Crippen molar-refractivity contribution in [1.82, 2.24) is 4.90 Å². The number of primary amides is 1. The summed E-state index contributed by atoms with van der Waals surface area (Å²) in [5, 5.41) is 23.1. The fourth-order valence-corrected chi connectivity index (χ4v) is 6.95. The van der Waals surface area contributed by atoms with Gasteiger partial charge in [-0.2, -0.15) is 0 Å². The van der Waals surface area contributed by atoms with Crippen LogP contribution in [0.25, 0.3) is 0 Å². The third kappa shape index (κ3) is 2.61. The van der Waals surface area contributed by atoms with Crippen LogP contribution in [0.5, 0.6) is 5.75 Å². The van der Waals surface area contributed by atoms with Crippen molar-refractivity contribution < 1.29 is 19.8 Å². The van der Waals surface area contributed by atoms with E-state index in [2.05, 4.69) is 4.90 Å². The fourth-order valence-electron chi connectivity index (χ4n) is 6.95. The quantitative estimate of drug-likeness (QED) is 0.723. The first-order valence-electron chi connectivity index (χ1n) is 11.0. The molecule has 3 fully saturated rings. The molecule has 1 aromatic rings. The molecule has 29 heavy (non-hydrogen) atoms. The minimum Gasteiger partial charge on any atom is -0.507 e. The summed E-state index contributed by atoms with van der Waals surface area (Å²) in [5.41, 5.74) is 5.19. The monoisotopic (exact) mass is 398 g/mol. The number of aromatic hydroxyl groups is 1. The molecule has 1 aromatic carbocycles. The number of aliphatic hydroxyl groups is 1. The predicted molar refractivity (Wildman–Crippen MR) is 108 cm³/mol. The first-order valence-corrected chi connectivity index (χ1v) is 11.0. The molecule has 0 unspecified atom stereocenters. The summed E-state index contributed by atoms with van der Waals surface area (Å²) in [6.07, 6.45) is 7.34. The zero-order valence-corrected chi connectivity index (χ0v) is 16.8. The summed E-state index contributed by atoms with van der Waals surface area (Å²) in [6.45, 7) is 1.80. The van der Waals surface area contributed by atoms with Gasteiger partial charge in [0.1, 0.15) is 11.5 Å². The van der Waals surface area contributed by atoms with Crippen LogP contribution in [0.3, 0.4) is 0 Å². The standard InChI is InChI=1S/C23H30N2O4/c24-21(28)17-6-5-15-11-18-23(29)8-7-16(26)12-22(23,19(15)20(17)27)9-10-25(18)13-14-3-1-2-4-14/h5-6,14,18,27,29H,1-4,7-13H2,(H2,24,28)/t18-,22-,23-/m1/s1. The Hall–Kier alpha value is -1.92. The summed E-state index contributed by atoms with van der Waals surface area (Å²) in [7, 11) is 0. The van der Waals surface area contributed by atoms with E-state index >= 15 is 0 Å². The van der Waals surface area contributed by atoms with E-state index in [1.165, 1.54) is 25.7 Å². The van der Waals surface area contributed by atoms with Gasteiger partial charge in [-0.3, -0.25) is 14.5 Å². The van der Waals surface area contributed by atoms with Gasteiger partial charge < -0.3 is 15.9 Å². The number of hydrogen-bond donors (Lipinski definition) is 3. The van der Waals surface area contributed by atoms with Gasteiger partial charge in [0.2, 0.25) is 0 Å². The minimum atomic E-state index is -1.07. The first-order chi connectivity index (χ1) is 13.9. The number of hydrogen-bond acceptors (Lipinski definition) is 5. The Bertz CT molecular complexity index is 878. The van der Waals surface area contributed by atoms with Gasteiger partial charge in [0.25, 0.3) is 5.91 Å². The van der Waals surface area contributed by atoms with Crippen molar-refractivity contribution in [3.63, 3.8) is 0 Å². The molecule has 4 aliphatic rings. The van der Waals surface area contributed by atoms with Crippen molar-refractivity contribution in [1.29, 1.82) is 0 Å². The zero-order valence-electron chi connectivity index (χ0n) is 16.8. The van der Waals surface area contributed by atoms with E-state index in [-0.39, 0.29) is 29.6 Å². The molecule has 6 heteroatoms. The van der Waals surface area contributed by atoms with E-state index in [0.717, 1.165) is 18.7 Å². The second-order valence-corrected chi connectivity index (χ2v) is 9.70. The summed E-state index contributed by atoms with van der Waals surface area (Å²) < 4.78 is 0. The van der Waals surface area contributed by atoms with Crippen LogP contribution in [0.15, 0.2) is 12.1 Å². The summed E-state index contributed by atoms with van der Waals surface area (Å²) in [6, 6.07) is 3.39. The Morgan fingerprint density at radius 1 is 1.24 bits per heavy atom. The number of likely N-dealkylation sites (tertiary alicyclic amines) is 1. The molecule has 1 saturated heterocycles. The van der Waals surface area contributed by atoms with E-state index < -0.39 is 16.9 Å². The highest BCUT2D eigenvalue weighted by Crippen LogP contribution is 2.59. The maximum Gasteiger partial charge on any atom is 0.252 e. The molecular weight excluding hydrogens is 368 g/mol. The van der Waals surface area contributed by atoms with Gasteiger partial charge in [0, 0.05) is 36.4 Å². The Kier molecular flexibility index (Phi) is 4.30. The average Bonchev–Trinajstić information content (AvgIpc) is 3.17. The van der Waals surface area contributed by atoms with Crippen molar-refractivity contribution in [3.8, 4) is 5.75 Å². The van der Waals surface area contributed by atoms with Crippen LogP contribution in [0.1, 0.15) is 72.9 Å². The molecule has 156 valence electrons. The molecule has 3 atom stereocenters. The predicted octanol–water partition coefficient (Wildman–Crippen LogP) is 2.03. The number of nitrogens with zero attached hydrogens (tertiary/aromatic N) is 1. The number of nitrogens with two attached hydrogens (primary N) is 1. The molecule has 2 saturated carbocycles. The Morgan fingerprint density at radius 3 is 2.72 bits per heavy atom. The third-order valence-corrected chi connectivity index (χ3v) is 8.32. The molecule has 1 amide bonds. The van der Waals surface area contributed by atoms with Gasteiger partial charge in [0.15, 0.2) is 0 Å². The molecule has 1 aliphatic heterocycles. The van der Waals surface area contributed by atoms with Crippen molar-refractivity contribution in [2.75, 3.05) is 13.1 Å². The lowest BCUT2D eigenvalue weighted by molar-refractivity contribution is -0.174. The van der Waals surface area contributed by atoms with E-state index in [4.69, 9.17) is 5.73 Å². The zero-order chi connectivity index (χ0) is 20.4. The van der Waals surface area contributed by atoms with Crippen molar-refractivity contribution in [3.05, 3.63) is 28.8 Å². The molecular formula is C23H30N2O4. The normalized spacial score (nSPS) is 34.7. The number of phenols is 1. The maximum atomic E-state index is 12.6. The lowest BCUT2D eigenvalue weighted by Gasteiger charge is -2.63. The second-order valence-electron chi connectivity index (χ2n) is 9.70. The number of Topliss-reactive ketones (excluding diaryl/α,β-unsaturated/α-hetero) is 1. The van der Waals surface area contributed by atoms with E-state index in [0.29, 0.717) is 37.2 Å². The summed E-state index contributed by atoms with van der Waals surface area (Å²) in [5.74, 6) is -0.0169. The van der Waals surface area contributed by atoms with Gasteiger partial charge in [0.05, 0.1) is 11.2 Å². The highest BCUT2D eigenvalue weighted by molar-refractivity contribution is 5.96. The largest absolute Gasteiger partial charge is 0.507 e. The summed E-state index contributed by atoms with van der Waals surface area (Å²) in [4.78, 5) is 26.9. The van der Waals surface area contributed by atoms with Crippen LogP contribution in [0.4, 0.5) is 0 Å². The second kappa shape index (κ2) is 6.54. The molecule has 4 N–H and O–H groups in total. The molecule has 1 heterocycles. The maximum absolute atomic E-state index is 12.6. The molecule has 6 nitrogen and oxygen atoms in total. The number of rotatable bonds is 3. The van der Waals surface area contributed by atoms with E-state index in [1.807, 2.05) is 6.07 Å². The number of carbonyl (C=O) groups is 2. The van der Waals surface area contributed by atoms with Crippen LogP contribution in [0.2, 0.25) is 0 Å². The number of carbonyl (C=O) groups excluding carboxylic acids is 2. The number of amides is 1. The number of ketones is 1. The van der Waals surface area contributed by atoms with E-state index in [1.54, 1.807) is 6.07 Å². The molecule has 2 bridgehead atoms. The topological polar surface area (TPSA) is 104 Å². The fraction of sp³-hybridized carbons (Fsp3) is 0.652. The minimum absolute atomic E-state index is 0.0590. The van der Waals surface area contributed by atoms with Crippen LogP contribution in [0, 0.1) is 5.92 Å². The molecule has 5 rings (SSSR count). The lowest BCUT2D eigenvalue weighted by Crippen LogP contribution is -2.73. The number of benzene rings is 1. The van der Waals surface area contributed by atoms with Crippen LogP contribution >= 0.6 is 0 Å². The highest BCUT2D eigenvalue weighted by Gasteiger charge is 2.65. The van der Waals surface area contributed by atoms with Crippen molar-refractivity contribution >= 4 is 11.7 Å². The van der Waals surface area contributed by atoms with Crippen LogP contribution in [-0.4, -0.2) is 51.5 Å². The first kappa shape index (κ1) is 19.1. The molecule has 0 aromatic heterocycles. The van der Waals surface area contributed by atoms with Gasteiger partial charge in [-0.25, -0.2) is 0 Å². The number of piperidine rings is 1. The van der Waals surface area contributed by atoms with E-state index in [9.17, 15) is 19.8 Å². The van der Waals surface area contributed by atoms with Crippen LogP contribution < -0.4 is 5.73 Å². The summed E-state index contributed by atoms with van der Waals surface area (Å²) >= 11 is 0. The molecule has 3 aliphatic carbocycles.